The van der Waals surface area contributed by atoms with Crippen LogP contribution in [0, 0.1) is 5.41 Å². The fourth-order valence-corrected chi connectivity index (χ4v) is 3.88. The molecule has 0 aliphatic rings. The summed E-state index contributed by atoms with van der Waals surface area (Å²) in [7, 11) is 0. The first kappa shape index (κ1) is 21.7. The van der Waals surface area contributed by atoms with Crippen LogP contribution in [0.3, 0.4) is 0 Å². The van der Waals surface area contributed by atoms with E-state index in [0.717, 1.165) is 22.6 Å². The third kappa shape index (κ3) is 5.52. The molecule has 0 unspecified atom stereocenters. The van der Waals surface area contributed by atoms with Crippen molar-refractivity contribution < 1.29 is 9.53 Å². The third-order valence-corrected chi connectivity index (χ3v) is 5.66. The van der Waals surface area contributed by atoms with Gasteiger partial charge in [0.1, 0.15) is 16.5 Å². The van der Waals surface area contributed by atoms with E-state index in [9.17, 15) is 4.79 Å². The molecule has 0 radical (unpaired) electrons. The van der Waals surface area contributed by atoms with Crippen molar-refractivity contribution in [2.24, 2.45) is 5.41 Å². The van der Waals surface area contributed by atoms with Crippen LogP contribution in [0.1, 0.15) is 38.6 Å². The topological polar surface area (TPSA) is 57.0 Å². The number of halogens is 1. The number of benzene rings is 1. The average molecular weight is 432 g/mol. The van der Waals surface area contributed by atoms with Crippen molar-refractivity contribution >= 4 is 40.5 Å². The van der Waals surface area contributed by atoms with E-state index in [2.05, 4.69) is 53.9 Å². The van der Waals surface area contributed by atoms with Gasteiger partial charge in [-0.1, -0.05) is 37.6 Å². The van der Waals surface area contributed by atoms with Crippen molar-refractivity contribution in [1.82, 2.24) is 14.5 Å². The second-order valence-corrected chi connectivity index (χ2v) is 9.03. The number of pyridine rings is 1. The molecule has 0 saturated heterocycles. The van der Waals surface area contributed by atoms with Crippen molar-refractivity contribution in [1.29, 1.82) is 0 Å². The summed E-state index contributed by atoms with van der Waals surface area (Å²) in [5.41, 5.74) is 2.43. The Bertz CT molecular complexity index is 999. The minimum absolute atomic E-state index is 0.186. The summed E-state index contributed by atoms with van der Waals surface area (Å²) >= 11 is 7.88. The number of thioether (sulfide) groups is 1. The van der Waals surface area contributed by atoms with Gasteiger partial charge in [0, 0.05) is 11.3 Å². The fourth-order valence-electron chi connectivity index (χ4n) is 3.33. The van der Waals surface area contributed by atoms with Gasteiger partial charge in [-0.3, -0.25) is 4.79 Å². The number of aromatic nitrogens is 3. The lowest BCUT2D eigenvalue weighted by Gasteiger charge is -2.23. The average Bonchev–Trinajstić information content (AvgIpc) is 2.98. The summed E-state index contributed by atoms with van der Waals surface area (Å²) in [5, 5.41) is 0.439. The van der Waals surface area contributed by atoms with Gasteiger partial charge in [0.15, 0.2) is 5.65 Å². The van der Waals surface area contributed by atoms with Gasteiger partial charge in [0.2, 0.25) is 0 Å². The predicted octanol–water partition coefficient (Wildman–Crippen LogP) is 5.38. The molecule has 1 aromatic carbocycles. The number of ether oxygens (including phenoxy) is 1. The number of fused-ring (bicyclic) bond motifs is 1. The molecule has 2 heterocycles. The zero-order valence-electron chi connectivity index (χ0n) is 17.2. The van der Waals surface area contributed by atoms with Crippen molar-refractivity contribution in [3.05, 3.63) is 52.9 Å². The molecular weight excluding hydrogens is 406 g/mol. The molecule has 5 nitrogen and oxygen atoms in total. The second-order valence-electron chi connectivity index (χ2n) is 7.76. The normalized spacial score (nSPS) is 11.8. The van der Waals surface area contributed by atoms with E-state index in [-0.39, 0.29) is 11.4 Å². The summed E-state index contributed by atoms with van der Waals surface area (Å²) in [6, 6.07) is 12.1. The SMILES string of the molecule is CCOC(=O)CC(C)(C)Cc1nc2ccc(Cl)nc2n1Cc1ccc(SC)cc1. The summed E-state index contributed by atoms with van der Waals surface area (Å²) in [4.78, 5) is 22.6. The first-order chi connectivity index (χ1) is 13.8. The van der Waals surface area contributed by atoms with Crippen LogP contribution in [0.5, 0.6) is 0 Å². The third-order valence-electron chi connectivity index (χ3n) is 4.70. The second kappa shape index (κ2) is 9.18. The number of hydrogen-bond acceptors (Lipinski definition) is 5. The van der Waals surface area contributed by atoms with Crippen LogP contribution >= 0.6 is 23.4 Å². The summed E-state index contributed by atoms with van der Waals surface area (Å²) < 4.78 is 7.24. The fraction of sp³-hybridized carbons (Fsp3) is 0.409. The Balaban J connectivity index is 1.95. The molecule has 7 heteroatoms. The quantitative estimate of drug-likeness (QED) is 0.272. The van der Waals surface area contributed by atoms with Crippen molar-refractivity contribution in [2.75, 3.05) is 12.9 Å². The molecule has 154 valence electrons. The number of carbonyl (C=O) groups is 1. The summed E-state index contributed by atoms with van der Waals surface area (Å²) in [6.07, 6.45) is 3.03. The molecule has 0 aliphatic heterocycles. The molecule has 0 saturated carbocycles. The predicted molar refractivity (Wildman–Crippen MR) is 119 cm³/mol. The lowest BCUT2D eigenvalue weighted by molar-refractivity contribution is -0.145. The highest BCUT2D eigenvalue weighted by Gasteiger charge is 2.27. The van der Waals surface area contributed by atoms with Crippen LogP contribution in [0.2, 0.25) is 5.15 Å². The Hall–Kier alpha value is -2.05. The Morgan fingerprint density at radius 2 is 1.90 bits per heavy atom. The van der Waals surface area contributed by atoms with E-state index in [0.29, 0.717) is 31.1 Å². The zero-order valence-corrected chi connectivity index (χ0v) is 18.8. The van der Waals surface area contributed by atoms with Gasteiger partial charge in [0.25, 0.3) is 0 Å². The number of imidazole rings is 1. The largest absolute Gasteiger partial charge is 0.466 e. The number of hydrogen-bond donors (Lipinski definition) is 0. The molecule has 0 bridgehead atoms. The molecule has 2 aromatic heterocycles. The Morgan fingerprint density at radius 3 is 2.55 bits per heavy atom. The van der Waals surface area contributed by atoms with Gasteiger partial charge >= 0.3 is 5.97 Å². The molecule has 0 spiro atoms. The van der Waals surface area contributed by atoms with Crippen LogP contribution in [-0.2, 0) is 22.5 Å². The highest BCUT2D eigenvalue weighted by atomic mass is 35.5. The Labute approximate surface area is 180 Å². The van der Waals surface area contributed by atoms with Crippen LogP contribution in [0.25, 0.3) is 11.2 Å². The van der Waals surface area contributed by atoms with E-state index in [4.69, 9.17) is 21.3 Å². The number of carbonyl (C=O) groups excluding carboxylic acids is 1. The highest BCUT2D eigenvalue weighted by Crippen LogP contribution is 2.29. The van der Waals surface area contributed by atoms with E-state index in [1.807, 2.05) is 13.0 Å². The van der Waals surface area contributed by atoms with Crippen molar-refractivity contribution in [3.63, 3.8) is 0 Å². The standard InChI is InChI=1S/C22H26ClN3O2S/c1-5-28-20(27)13-22(2,3)12-19-24-17-10-11-18(23)25-21(17)26(19)14-15-6-8-16(29-4)9-7-15/h6-11H,5,12-14H2,1-4H3. The van der Waals surface area contributed by atoms with Gasteiger partial charge in [-0.2, -0.15) is 0 Å². The highest BCUT2D eigenvalue weighted by molar-refractivity contribution is 7.98. The van der Waals surface area contributed by atoms with Gasteiger partial charge in [0.05, 0.1) is 19.6 Å². The maximum absolute atomic E-state index is 12.0. The zero-order chi connectivity index (χ0) is 21.0. The first-order valence-corrected chi connectivity index (χ1v) is 11.2. The number of esters is 1. The molecule has 0 atom stereocenters. The Kier molecular flexibility index (Phi) is 6.85. The maximum Gasteiger partial charge on any atom is 0.306 e. The van der Waals surface area contributed by atoms with E-state index in [1.165, 1.54) is 4.90 Å². The molecule has 0 aliphatic carbocycles. The molecule has 0 amide bonds. The molecule has 29 heavy (non-hydrogen) atoms. The van der Waals surface area contributed by atoms with Gasteiger partial charge < -0.3 is 9.30 Å². The number of nitrogens with zero attached hydrogens (tertiary/aromatic N) is 3. The monoisotopic (exact) mass is 431 g/mol. The van der Waals surface area contributed by atoms with Crippen LogP contribution in [-0.4, -0.2) is 33.4 Å². The molecular formula is C22H26ClN3O2S. The van der Waals surface area contributed by atoms with Gasteiger partial charge in [-0.05, 0) is 48.4 Å². The summed E-state index contributed by atoms with van der Waals surface area (Å²) in [5.74, 6) is 0.701. The minimum atomic E-state index is -0.294. The Morgan fingerprint density at radius 1 is 1.17 bits per heavy atom. The summed E-state index contributed by atoms with van der Waals surface area (Å²) in [6.45, 7) is 6.97. The van der Waals surface area contributed by atoms with Crippen LogP contribution in [0.15, 0.2) is 41.3 Å². The maximum atomic E-state index is 12.0. The van der Waals surface area contributed by atoms with E-state index < -0.39 is 0 Å². The van der Waals surface area contributed by atoms with Crippen molar-refractivity contribution in [3.8, 4) is 0 Å². The van der Waals surface area contributed by atoms with Gasteiger partial charge in [-0.25, -0.2) is 9.97 Å². The van der Waals surface area contributed by atoms with Crippen LogP contribution in [0.4, 0.5) is 0 Å². The van der Waals surface area contributed by atoms with Gasteiger partial charge in [-0.15, -0.1) is 11.8 Å². The lowest BCUT2D eigenvalue weighted by Crippen LogP contribution is -2.23. The molecule has 0 N–H and O–H groups in total. The first-order valence-electron chi connectivity index (χ1n) is 9.61. The van der Waals surface area contributed by atoms with E-state index >= 15 is 0 Å². The van der Waals surface area contributed by atoms with Crippen molar-refractivity contribution in [2.45, 2.75) is 45.1 Å². The number of rotatable bonds is 8. The lowest BCUT2D eigenvalue weighted by atomic mass is 9.85. The van der Waals surface area contributed by atoms with Crippen LogP contribution < -0.4 is 0 Å². The van der Waals surface area contributed by atoms with E-state index in [1.54, 1.807) is 17.8 Å². The molecule has 3 rings (SSSR count). The minimum Gasteiger partial charge on any atom is -0.466 e. The molecule has 0 fully saturated rings. The smallest absolute Gasteiger partial charge is 0.306 e. The molecule has 3 aromatic rings.